The van der Waals surface area contributed by atoms with E-state index in [2.05, 4.69) is 52.7 Å². The van der Waals surface area contributed by atoms with Crippen LogP contribution in [0.1, 0.15) is 34.0 Å². The SMILES string of the molecule is Cc1cc2c3c(c1)c1c(n3CC(c3ccc(C)nc3)CO2)CCN(C)C1. The molecule has 0 N–H and O–H groups in total. The standard InChI is InChI=1S/C22H25N3O/c1-14-8-18-19-12-24(3)7-6-20(19)25-11-17(13-26-21(9-14)22(18)25)16-5-4-15(2)23-10-16/h4-5,8-10,17H,6-7,11-13H2,1-3H3. The van der Waals surface area contributed by atoms with Gasteiger partial charge in [0.05, 0.1) is 12.1 Å². The predicted molar refractivity (Wildman–Crippen MR) is 104 cm³/mol. The average Bonchev–Trinajstić information content (AvgIpc) is 2.79. The van der Waals surface area contributed by atoms with Crippen LogP contribution in [0.3, 0.4) is 0 Å². The van der Waals surface area contributed by atoms with Crippen molar-refractivity contribution < 1.29 is 4.74 Å². The van der Waals surface area contributed by atoms with Gasteiger partial charge < -0.3 is 14.2 Å². The molecule has 0 fully saturated rings. The third-order valence-corrected chi connectivity index (χ3v) is 5.90. The molecule has 0 aliphatic carbocycles. The fourth-order valence-electron chi connectivity index (χ4n) is 4.51. The summed E-state index contributed by atoms with van der Waals surface area (Å²) in [5.41, 5.74) is 7.88. The lowest BCUT2D eigenvalue weighted by Crippen LogP contribution is -2.28. The van der Waals surface area contributed by atoms with E-state index < -0.39 is 0 Å². The van der Waals surface area contributed by atoms with Crippen molar-refractivity contribution in [3.8, 4) is 5.75 Å². The lowest BCUT2D eigenvalue weighted by Gasteiger charge is -2.25. The van der Waals surface area contributed by atoms with Crippen LogP contribution in [-0.2, 0) is 19.5 Å². The van der Waals surface area contributed by atoms with Crippen molar-refractivity contribution in [2.75, 3.05) is 20.2 Å². The first kappa shape index (κ1) is 15.9. The Labute approximate surface area is 154 Å². The highest BCUT2D eigenvalue weighted by Crippen LogP contribution is 2.40. The highest BCUT2D eigenvalue weighted by atomic mass is 16.5. The second-order valence-corrected chi connectivity index (χ2v) is 7.92. The quantitative estimate of drug-likeness (QED) is 0.670. The van der Waals surface area contributed by atoms with E-state index in [4.69, 9.17) is 4.74 Å². The molecule has 0 bridgehead atoms. The Hall–Kier alpha value is -2.33. The Morgan fingerprint density at radius 2 is 2.08 bits per heavy atom. The summed E-state index contributed by atoms with van der Waals surface area (Å²) in [6.45, 7) is 8.03. The summed E-state index contributed by atoms with van der Waals surface area (Å²) in [6.07, 6.45) is 3.13. The number of aryl methyl sites for hydroxylation is 2. The first-order valence-electron chi connectivity index (χ1n) is 9.48. The van der Waals surface area contributed by atoms with Crippen LogP contribution < -0.4 is 4.74 Å². The molecule has 1 unspecified atom stereocenters. The van der Waals surface area contributed by atoms with Gasteiger partial charge in [0.25, 0.3) is 0 Å². The van der Waals surface area contributed by atoms with Gasteiger partial charge in [-0.05, 0) is 55.8 Å². The Bertz CT molecular complexity index is 987. The maximum absolute atomic E-state index is 6.34. The number of fused-ring (bicyclic) bond motifs is 3. The first-order chi connectivity index (χ1) is 12.6. The van der Waals surface area contributed by atoms with Gasteiger partial charge in [-0.2, -0.15) is 0 Å². The van der Waals surface area contributed by atoms with E-state index in [-0.39, 0.29) is 0 Å². The number of ether oxygens (including phenoxy) is 1. The van der Waals surface area contributed by atoms with Crippen LogP contribution in [0.2, 0.25) is 0 Å². The Morgan fingerprint density at radius 3 is 2.88 bits per heavy atom. The minimum atomic E-state index is 0.329. The van der Waals surface area contributed by atoms with Crippen molar-refractivity contribution in [3.05, 3.63) is 58.5 Å². The number of nitrogens with zero attached hydrogens (tertiary/aromatic N) is 3. The fourth-order valence-corrected chi connectivity index (χ4v) is 4.51. The summed E-state index contributed by atoms with van der Waals surface area (Å²) >= 11 is 0. The zero-order valence-electron chi connectivity index (χ0n) is 15.7. The van der Waals surface area contributed by atoms with Crippen LogP contribution in [0.25, 0.3) is 10.9 Å². The van der Waals surface area contributed by atoms with Gasteiger partial charge in [-0.25, -0.2) is 0 Å². The molecule has 2 aromatic heterocycles. The number of benzene rings is 1. The minimum Gasteiger partial charge on any atom is -0.491 e. The Kier molecular flexibility index (Phi) is 3.57. The predicted octanol–water partition coefficient (Wildman–Crippen LogP) is 3.82. The molecule has 5 rings (SSSR count). The van der Waals surface area contributed by atoms with E-state index in [0.717, 1.165) is 37.5 Å². The minimum absolute atomic E-state index is 0.329. The number of pyridine rings is 1. The summed E-state index contributed by atoms with van der Waals surface area (Å²) < 4.78 is 8.89. The van der Waals surface area contributed by atoms with Crippen LogP contribution >= 0.6 is 0 Å². The molecule has 1 atom stereocenters. The molecule has 4 nitrogen and oxygen atoms in total. The zero-order valence-corrected chi connectivity index (χ0v) is 15.7. The van der Waals surface area contributed by atoms with Crippen LogP contribution in [0, 0.1) is 13.8 Å². The zero-order chi connectivity index (χ0) is 17.8. The molecule has 3 aromatic rings. The summed E-state index contributed by atoms with van der Waals surface area (Å²) in [7, 11) is 2.21. The normalized spacial score (nSPS) is 19.9. The van der Waals surface area contributed by atoms with Crippen LogP contribution in [0.4, 0.5) is 0 Å². The third-order valence-electron chi connectivity index (χ3n) is 5.90. The van der Waals surface area contributed by atoms with E-state index >= 15 is 0 Å². The summed E-state index contributed by atoms with van der Waals surface area (Å²) in [5, 5.41) is 1.38. The summed E-state index contributed by atoms with van der Waals surface area (Å²) in [4.78, 5) is 6.93. The molecular weight excluding hydrogens is 322 g/mol. The van der Waals surface area contributed by atoms with Gasteiger partial charge in [0.15, 0.2) is 0 Å². The molecule has 2 aliphatic heterocycles. The molecule has 0 radical (unpaired) electrons. The molecule has 26 heavy (non-hydrogen) atoms. The molecule has 0 spiro atoms. The van der Waals surface area contributed by atoms with Crippen molar-refractivity contribution in [1.29, 1.82) is 0 Å². The molecule has 0 saturated carbocycles. The van der Waals surface area contributed by atoms with Gasteiger partial charge in [0.1, 0.15) is 5.75 Å². The second kappa shape index (κ2) is 5.85. The maximum Gasteiger partial charge on any atom is 0.143 e. The van der Waals surface area contributed by atoms with Gasteiger partial charge in [-0.3, -0.25) is 4.98 Å². The Balaban J connectivity index is 1.68. The van der Waals surface area contributed by atoms with E-state index in [1.807, 2.05) is 13.1 Å². The molecule has 0 saturated heterocycles. The van der Waals surface area contributed by atoms with Crippen molar-refractivity contribution in [3.63, 3.8) is 0 Å². The second-order valence-electron chi connectivity index (χ2n) is 7.92. The summed E-state index contributed by atoms with van der Waals surface area (Å²) in [6, 6.07) is 8.85. The van der Waals surface area contributed by atoms with Crippen molar-refractivity contribution in [2.45, 2.75) is 39.3 Å². The monoisotopic (exact) mass is 347 g/mol. The highest BCUT2D eigenvalue weighted by molar-refractivity contribution is 5.91. The molecule has 4 heteroatoms. The molecular formula is C22H25N3O. The number of rotatable bonds is 1. The average molecular weight is 347 g/mol. The van der Waals surface area contributed by atoms with Gasteiger partial charge >= 0.3 is 0 Å². The van der Waals surface area contributed by atoms with Crippen LogP contribution in [-0.4, -0.2) is 34.7 Å². The van der Waals surface area contributed by atoms with E-state index in [1.54, 1.807) is 0 Å². The largest absolute Gasteiger partial charge is 0.491 e. The first-order valence-corrected chi connectivity index (χ1v) is 9.48. The van der Waals surface area contributed by atoms with E-state index in [9.17, 15) is 0 Å². The van der Waals surface area contributed by atoms with Crippen LogP contribution in [0.15, 0.2) is 30.5 Å². The van der Waals surface area contributed by atoms with Crippen molar-refractivity contribution in [2.24, 2.45) is 0 Å². The van der Waals surface area contributed by atoms with Crippen LogP contribution in [0.5, 0.6) is 5.75 Å². The molecule has 0 amide bonds. The maximum atomic E-state index is 6.34. The number of likely N-dealkylation sites (N-methyl/N-ethyl adjacent to an activating group) is 1. The topological polar surface area (TPSA) is 30.3 Å². The van der Waals surface area contributed by atoms with Gasteiger partial charge in [0, 0.05) is 54.9 Å². The smallest absolute Gasteiger partial charge is 0.143 e. The molecule has 2 aliphatic rings. The van der Waals surface area contributed by atoms with Crippen molar-refractivity contribution >= 4 is 10.9 Å². The van der Waals surface area contributed by atoms with E-state index in [0.29, 0.717) is 12.5 Å². The van der Waals surface area contributed by atoms with Gasteiger partial charge in [-0.15, -0.1) is 0 Å². The molecule has 1 aromatic carbocycles. The van der Waals surface area contributed by atoms with Gasteiger partial charge in [0.2, 0.25) is 0 Å². The molecule has 4 heterocycles. The lowest BCUT2D eigenvalue weighted by molar-refractivity contribution is 0.284. The summed E-state index contributed by atoms with van der Waals surface area (Å²) in [5.74, 6) is 1.37. The lowest BCUT2D eigenvalue weighted by atomic mass is 10.0. The number of hydrogen-bond acceptors (Lipinski definition) is 3. The van der Waals surface area contributed by atoms with Crippen molar-refractivity contribution in [1.82, 2.24) is 14.5 Å². The Morgan fingerprint density at radius 1 is 1.19 bits per heavy atom. The molecule has 134 valence electrons. The highest BCUT2D eigenvalue weighted by Gasteiger charge is 2.29. The van der Waals surface area contributed by atoms with E-state index in [1.165, 1.54) is 33.3 Å². The number of hydrogen-bond donors (Lipinski definition) is 0. The third kappa shape index (κ3) is 2.43. The number of aromatic nitrogens is 2. The fraction of sp³-hybridized carbons (Fsp3) is 0.409. The van der Waals surface area contributed by atoms with Gasteiger partial charge in [-0.1, -0.05) is 6.07 Å².